The Morgan fingerprint density at radius 3 is 2.46 bits per heavy atom. The van der Waals surface area contributed by atoms with E-state index in [1.807, 2.05) is 36.4 Å². The molecule has 0 saturated carbocycles. The molecule has 1 atom stereocenters. The van der Waals surface area contributed by atoms with Crippen molar-refractivity contribution in [3.05, 3.63) is 53.1 Å². The molecule has 0 saturated heterocycles. The van der Waals surface area contributed by atoms with Crippen LogP contribution in [0.15, 0.2) is 36.4 Å². The molecule has 0 fully saturated rings. The molecular weight excluding hydrogens is 478 g/mol. The standard InChI is InChI=1S/C27H33N3O7/c1-18(31)28-16-25(32)29-10-11-36-12-13-37-21-6-4-19(5-7-21)27-22-15-24(35-3)23(34-2)14-20(22)8-9-30(27)26(33)17-29/h4-7,14-15,27H,8-13,16-17H2,1-3H3,(H,28,31). The summed E-state index contributed by atoms with van der Waals surface area (Å²) >= 11 is 0. The number of methoxy groups -OCH3 is 2. The zero-order valence-corrected chi connectivity index (χ0v) is 21.5. The average Bonchev–Trinajstić information content (AvgIpc) is 2.91. The van der Waals surface area contributed by atoms with E-state index in [-0.39, 0.29) is 44.0 Å². The fourth-order valence-electron chi connectivity index (χ4n) is 4.67. The Morgan fingerprint density at radius 2 is 1.76 bits per heavy atom. The molecule has 2 aromatic carbocycles. The Morgan fingerprint density at radius 1 is 1.03 bits per heavy atom. The van der Waals surface area contributed by atoms with Gasteiger partial charge in [-0.1, -0.05) is 12.1 Å². The van der Waals surface area contributed by atoms with Crippen LogP contribution in [0.1, 0.15) is 29.7 Å². The Bertz CT molecular complexity index is 1140. The zero-order chi connectivity index (χ0) is 26.4. The van der Waals surface area contributed by atoms with Crippen LogP contribution in [0.2, 0.25) is 0 Å². The zero-order valence-electron chi connectivity index (χ0n) is 21.5. The van der Waals surface area contributed by atoms with E-state index in [1.54, 1.807) is 19.1 Å². The average molecular weight is 512 g/mol. The van der Waals surface area contributed by atoms with Crippen LogP contribution in [-0.4, -0.2) is 87.7 Å². The number of fused-ring (bicyclic) bond motifs is 11. The van der Waals surface area contributed by atoms with Crippen molar-refractivity contribution in [3.63, 3.8) is 0 Å². The minimum Gasteiger partial charge on any atom is -0.493 e. The highest BCUT2D eigenvalue weighted by atomic mass is 16.5. The summed E-state index contributed by atoms with van der Waals surface area (Å²) in [6.45, 7) is 2.65. The van der Waals surface area contributed by atoms with Crippen molar-refractivity contribution in [2.24, 2.45) is 0 Å². The summed E-state index contributed by atoms with van der Waals surface area (Å²) in [4.78, 5) is 41.2. The number of rotatable bonds is 4. The normalized spacial score (nSPS) is 18.0. The van der Waals surface area contributed by atoms with Crippen molar-refractivity contribution in [3.8, 4) is 17.2 Å². The molecule has 0 spiro atoms. The molecule has 3 heterocycles. The van der Waals surface area contributed by atoms with Gasteiger partial charge in [-0.05, 0) is 47.4 Å². The number of nitrogens with zero attached hydrogens (tertiary/aromatic N) is 2. The summed E-state index contributed by atoms with van der Waals surface area (Å²) in [5.41, 5.74) is 2.92. The van der Waals surface area contributed by atoms with Crippen LogP contribution in [0.5, 0.6) is 17.2 Å². The molecule has 3 aliphatic heterocycles. The largest absolute Gasteiger partial charge is 0.493 e. The first-order valence-electron chi connectivity index (χ1n) is 12.3. The Kier molecular flexibility index (Phi) is 8.50. The predicted molar refractivity (Wildman–Crippen MR) is 135 cm³/mol. The molecule has 3 amide bonds. The number of carbonyl (C=O) groups excluding carboxylic acids is 3. The fourth-order valence-corrected chi connectivity index (χ4v) is 4.67. The molecule has 198 valence electrons. The molecule has 0 aliphatic carbocycles. The lowest BCUT2D eigenvalue weighted by Crippen LogP contribution is -2.49. The topological polar surface area (TPSA) is 107 Å². The van der Waals surface area contributed by atoms with Gasteiger partial charge < -0.3 is 34.1 Å². The number of benzene rings is 2. The highest BCUT2D eigenvalue weighted by molar-refractivity contribution is 5.88. The Hall–Kier alpha value is -3.79. The van der Waals surface area contributed by atoms with E-state index in [4.69, 9.17) is 18.9 Å². The Labute approximate surface area is 216 Å². The van der Waals surface area contributed by atoms with Crippen LogP contribution < -0.4 is 19.5 Å². The maximum atomic E-state index is 13.8. The van der Waals surface area contributed by atoms with Gasteiger partial charge in [-0.2, -0.15) is 0 Å². The van der Waals surface area contributed by atoms with Crippen LogP contribution in [0.4, 0.5) is 0 Å². The summed E-state index contributed by atoms with van der Waals surface area (Å²) in [7, 11) is 3.18. The number of ether oxygens (including phenoxy) is 4. The lowest BCUT2D eigenvalue weighted by molar-refractivity contribution is -0.142. The molecule has 0 aromatic heterocycles. The molecule has 10 nitrogen and oxygen atoms in total. The van der Waals surface area contributed by atoms with Gasteiger partial charge in [0, 0.05) is 20.0 Å². The third kappa shape index (κ3) is 6.14. The number of carbonyl (C=O) groups is 3. The number of nitrogens with one attached hydrogen (secondary N) is 1. The van der Waals surface area contributed by atoms with E-state index in [1.165, 1.54) is 11.8 Å². The molecule has 1 N–H and O–H groups in total. The molecule has 1 unspecified atom stereocenters. The second-order valence-corrected chi connectivity index (χ2v) is 8.90. The highest BCUT2D eigenvalue weighted by Gasteiger charge is 2.34. The molecule has 5 rings (SSSR count). The third-order valence-electron chi connectivity index (χ3n) is 6.56. The number of hydrogen-bond acceptors (Lipinski definition) is 7. The van der Waals surface area contributed by atoms with Crippen LogP contribution in [0.3, 0.4) is 0 Å². The van der Waals surface area contributed by atoms with Crippen molar-refractivity contribution in [2.45, 2.75) is 19.4 Å². The van der Waals surface area contributed by atoms with Crippen molar-refractivity contribution >= 4 is 17.7 Å². The molecule has 37 heavy (non-hydrogen) atoms. The SMILES string of the molecule is COc1cc2c(cc1OC)C1c3ccc(cc3)OCCOCCN(C(=O)CNC(C)=O)CC(=O)N1CC2. The molecule has 2 aromatic rings. The van der Waals surface area contributed by atoms with E-state index in [0.29, 0.717) is 43.4 Å². The van der Waals surface area contributed by atoms with Gasteiger partial charge in [0.1, 0.15) is 12.4 Å². The second-order valence-electron chi connectivity index (χ2n) is 8.90. The molecule has 10 heteroatoms. The summed E-state index contributed by atoms with van der Waals surface area (Å²) in [6.07, 6.45) is 0.627. The van der Waals surface area contributed by atoms with E-state index < -0.39 is 6.04 Å². The maximum Gasteiger partial charge on any atom is 0.242 e. The smallest absolute Gasteiger partial charge is 0.242 e. The van der Waals surface area contributed by atoms with E-state index in [9.17, 15) is 14.4 Å². The van der Waals surface area contributed by atoms with Gasteiger partial charge in [-0.15, -0.1) is 0 Å². The van der Waals surface area contributed by atoms with Crippen LogP contribution in [0, 0.1) is 0 Å². The number of amides is 3. The van der Waals surface area contributed by atoms with Crippen molar-refractivity contribution < 1.29 is 33.3 Å². The van der Waals surface area contributed by atoms with Crippen LogP contribution >= 0.6 is 0 Å². The molecular formula is C27H33N3O7. The molecule has 3 aliphatic rings. The molecule has 0 radical (unpaired) electrons. The van der Waals surface area contributed by atoms with Gasteiger partial charge in [0.05, 0.1) is 46.6 Å². The monoisotopic (exact) mass is 511 g/mol. The third-order valence-corrected chi connectivity index (χ3v) is 6.56. The van der Waals surface area contributed by atoms with Crippen LogP contribution in [-0.2, 0) is 25.5 Å². The van der Waals surface area contributed by atoms with E-state index in [2.05, 4.69) is 5.32 Å². The van der Waals surface area contributed by atoms with Gasteiger partial charge in [0.2, 0.25) is 17.7 Å². The fraction of sp³-hybridized carbons (Fsp3) is 0.444. The van der Waals surface area contributed by atoms with E-state index in [0.717, 1.165) is 16.7 Å². The lowest BCUT2D eigenvalue weighted by Gasteiger charge is -2.39. The Balaban J connectivity index is 1.72. The second kappa shape index (κ2) is 12.0. The van der Waals surface area contributed by atoms with E-state index >= 15 is 0 Å². The van der Waals surface area contributed by atoms with Crippen LogP contribution in [0.25, 0.3) is 0 Å². The van der Waals surface area contributed by atoms with Gasteiger partial charge in [-0.25, -0.2) is 0 Å². The van der Waals surface area contributed by atoms with Gasteiger partial charge in [0.25, 0.3) is 0 Å². The van der Waals surface area contributed by atoms with Gasteiger partial charge in [-0.3, -0.25) is 14.4 Å². The lowest BCUT2D eigenvalue weighted by atomic mass is 9.87. The summed E-state index contributed by atoms with van der Waals surface area (Å²) in [5.74, 6) is 1.06. The van der Waals surface area contributed by atoms with Crippen molar-refractivity contribution in [2.75, 3.05) is 60.2 Å². The summed E-state index contributed by atoms with van der Waals surface area (Å²) in [6, 6.07) is 11.2. The summed E-state index contributed by atoms with van der Waals surface area (Å²) in [5, 5.41) is 2.52. The van der Waals surface area contributed by atoms with Gasteiger partial charge in [0.15, 0.2) is 11.5 Å². The minimum absolute atomic E-state index is 0.129. The van der Waals surface area contributed by atoms with Crippen molar-refractivity contribution in [1.29, 1.82) is 0 Å². The first kappa shape index (κ1) is 26.3. The van der Waals surface area contributed by atoms with Gasteiger partial charge >= 0.3 is 0 Å². The summed E-state index contributed by atoms with van der Waals surface area (Å²) < 4.78 is 22.5. The minimum atomic E-state index is -0.390. The predicted octanol–water partition coefficient (Wildman–Crippen LogP) is 1.55. The quantitative estimate of drug-likeness (QED) is 0.621. The van der Waals surface area contributed by atoms with Crippen molar-refractivity contribution in [1.82, 2.24) is 15.1 Å². The first-order valence-corrected chi connectivity index (χ1v) is 12.3. The highest BCUT2D eigenvalue weighted by Crippen LogP contribution is 2.41. The maximum absolute atomic E-state index is 13.8. The number of hydrogen-bond donors (Lipinski definition) is 1. The first-order chi connectivity index (χ1) is 17.9. The molecule has 2 bridgehead atoms.